The molecule has 1 fully saturated rings. The third-order valence-corrected chi connectivity index (χ3v) is 3.67. The van der Waals surface area contributed by atoms with Crippen LogP contribution in [0.3, 0.4) is 0 Å². The summed E-state index contributed by atoms with van der Waals surface area (Å²) in [6, 6.07) is 5.20. The average Bonchev–Trinajstić information content (AvgIpc) is 2.45. The van der Waals surface area contributed by atoms with Crippen LogP contribution < -0.4 is 0 Å². The van der Waals surface area contributed by atoms with Crippen molar-refractivity contribution in [1.29, 1.82) is 0 Å². The van der Waals surface area contributed by atoms with E-state index >= 15 is 0 Å². The number of carbonyl (C=O) groups excluding carboxylic acids is 1. The van der Waals surface area contributed by atoms with E-state index in [1.165, 1.54) is 29.2 Å². The molecule has 0 aromatic heterocycles. The summed E-state index contributed by atoms with van der Waals surface area (Å²) in [6.07, 6.45) is 4.82. The second-order valence-electron chi connectivity index (χ2n) is 5.13. The molecule has 1 aromatic rings. The molecule has 1 aliphatic carbocycles. The zero-order valence-electron chi connectivity index (χ0n) is 11.2. The smallest absolute Gasteiger partial charge is 0.323 e. The van der Waals surface area contributed by atoms with Crippen LogP contribution >= 0.6 is 0 Å². The van der Waals surface area contributed by atoms with Crippen LogP contribution in [0.4, 0.5) is 4.39 Å². The molecule has 0 atom stereocenters. The summed E-state index contributed by atoms with van der Waals surface area (Å²) in [7, 11) is 0. The molecule has 4 nitrogen and oxygen atoms in total. The van der Waals surface area contributed by atoms with Crippen LogP contribution in [0.25, 0.3) is 0 Å². The quantitative estimate of drug-likeness (QED) is 0.922. The van der Waals surface area contributed by atoms with Crippen molar-refractivity contribution in [2.45, 2.75) is 38.1 Å². The van der Waals surface area contributed by atoms with Crippen molar-refractivity contribution < 1.29 is 19.1 Å². The van der Waals surface area contributed by atoms with Gasteiger partial charge in [-0.15, -0.1) is 0 Å². The van der Waals surface area contributed by atoms with E-state index in [1.807, 2.05) is 0 Å². The van der Waals surface area contributed by atoms with Gasteiger partial charge in [-0.1, -0.05) is 19.3 Å². The summed E-state index contributed by atoms with van der Waals surface area (Å²) in [5.74, 6) is -1.77. The maximum absolute atomic E-state index is 12.9. The second kappa shape index (κ2) is 6.50. The molecule has 0 spiro atoms. The Morgan fingerprint density at radius 1 is 1.15 bits per heavy atom. The van der Waals surface area contributed by atoms with E-state index < -0.39 is 11.8 Å². The predicted octanol–water partition coefficient (Wildman–Crippen LogP) is 2.69. The Kier molecular flexibility index (Phi) is 4.71. The van der Waals surface area contributed by atoms with Crippen LogP contribution in [-0.2, 0) is 4.79 Å². The molecule has 108 valence electrons. The van der Waals surface area contributed by atoms with Gasteiger partial charge in [0.15, 0.2) is 0 Å². The molecule has 1 saturated carbocycles. The van der Waals surface area contributed by atoms with Crippen molar-refractivity contribution in [2.24, 2.45) is 0 Å². The molecule has 1 aliphatic rings. The van der Waals surface area contributed by atoms with E-state index in [9.17, 15) is 14.0 Å². The molecule has 2 rings (SSSR count). The number of benzene rings is 1. The molecule has 1 aromatic carbocycles. The van der Waals surface area contributed by atoms with Gasteiger partial charge in [0, 0.05) is 11.6 Å². The van der Waals surface area contributed by atoms with Gasteiger partial charge in [0.05, 0.1) is 0 Å². The van der Waals surface area contributed by atoms with Crippen molar-refractivity contribution in [3.8, 4) is 0 Å². The Morgan fingerprint density at radius 2 is 1.75 bits per heavy atom. The van der Waals surface area contributed by atoms with Crippen LogP contribution in [0.2, 0.25) is 0 Å². The molecule has 5 heteroatoms. The molecule has 0 bridgehead atoms. The number of carbonyl (C=O) groups is 2. The van der Waals surface area contributed by atoms with Crippen molar-refractivity contribution in [3.63, 3.8) is 0 Å². The fourth-order valence-electron chi connectivity index (χ4n) is 2.66. The van der Waals surface area contributed by atoms with E-state index in [0.717, 1.165) is 32.1 Å². The predicted molar refractivity (Wildman–Crippen MR) is 71.9 cm³/mol. The van der Waals surface area contributed by atoms with Crippen molar-refractivity contribution in [2.75, 3.05) is 6.54 Å². The lowest BCUT2D eigenvalue weighted by Crippen LogP contribution is -2.44. The Balaban J connectivity index is 2.18. The van der Waals surface area contributed by atoms with Gasteiger partial charge < -0.3 is 10.0 Å². The first-order chi connectivity index (χ1) is 9.58. The van der Waals surface area contributed by atoms with Crippen LogP contribution in [0.1, 0.15) is 42.5 Å². The number of hydrogen-bond acceptors (Lipinski definition) is 2. The zero-order valence-corrected chi connectivity index (χ0v) is 11.2. The van der Waals surface area contributed by atoms with Gasteiger partial charge in [-0.2, -0.15) is 0 Å². The summed E-state index contributed by atoms with van der Waals surface area (Å²) in [6.45, 7) is -0.305. The fourth-order valence-corrected chi connectivity index (χ4v) is 2.66. The lowest BCUT2D eigenvalue weighted by Gasteiger charge is -2.33. The van der Waals surface area contributed by atoms with E-state index in [0.29, 0.717) is 5.56 Å². The molecular formula is C15H18FNO3. The largest absolute Gasteiger partial charge is 0.480 e. The standard InChI is InChI=1S/C15H18FNO3/c16-12-8-6-11(7-9-12)15(20)17(10-14(18)19)13-4-2-1-3-5-13/h6-9,13H,1-5,10H2,(H,18,19). The summed E-state index contributed by atoms with van der Waals surface area (Å²) in [5.41, 5.74) is 0.332. The monoisotopic (exact) mass is 279 g/mol. The number of amides is 1. The third kappa shape index (κ3) is 3.56. The summed E-state index contributed by atoms with van der Waals surface area (Å²) >= 11 is 0. The molecule has 0 aliphatic heterocycles. The highest BCUT2D eigenvalue weighted by molar-refractivity contribution is 5.96. The van der Waals surface area contributed by atoms with Crippen molar-refractivity contribution in [3.05, 3.63) is 35.6 Å². The van der Waals surface area contributed by atoms with Crippen LogP contribution in [-0.4, -0.2) is 34.5 Å². The Hall–Kier alpha value is -1.91. The number of rotatable bonds is 4. The van der Waals surface area contributed by atoms with Gasteiger partial charge in [0.1, 0.15) is 12.4 Å². The Labute approximate surface area is 117 Å². The number of halogens is 1. The molecule has 0 heterocycles. The minimum atomic E-state index is -1.02. The average molecular weight is 279 g/mol. The summed E-state index contributed by atoms with van der Waals surface area (Å²) in [5, 5.41) is 9.00. The van der Waals surface area contributed by atoms with Crippen LogP contribution in [0.15, 0.2) is 24.3 Å². The first kappa shape index (κ1) is 14.5. The highest BCUT2D eigenvalue weighted by Crippen LogP contribution is 2.24. The minimum Gasteiger partial charge on any atom is -0.480 e. The zero-order chi connectivity index (χ0) is 14.5. The van der Waals surface area contributed by atoms with Crippen molar-refractivity contribution >= 4 is 11.9 Å². The number of nitrogens with zero attached hydrogens (tertiary/aromatic N) is 1. The number of hydrogen-bond donors (Lipinski definition) is 1. The molecule has 1 N–H and O–H groups in total. The number of carboxylic acid groups (broad SMARTS) is 1. The van der Waals surface area contributed by atoms with Gasteiger partial charge in [0.2, 0.25) is 0 Å². The molecule has 1 amide bonds. The topological polar surface area (TPSA) is 57.6 Å². The van der Waals surface area contributed by atoms with E-state index in [2.05, 4.69) is 0 Å². The minimum absolute atomic E-state index is 0.0302. The Morgan fingerprint density at radius 3 is 2.30 bits per heavy atom. The first-order valence-corrected chi connectivity index (χ1v) is 6.86. The number of carboxylic acids is 1. The van der Waals surface area contributed by atoms with Crippen LogP contribution in [0.5, 0.6) is 0 Å². The van der Waals surface area contributed by atoms with E-state index in [1.54, 1.807) is 0 Å². The molecule has 0 unspecified atom stereocenters. The second-order valence-corrected chi connectivity index (χ2v) is 5.13. The van der Waals surface area contributed by atoms with Gasteiger partial charge in [-0.3, -0.25) is 9.59 Å². The third-order valence-electron chi connectivity index (χ3n) is 3.67. The lowest BCUT2D eigenvalue weighted by atomic mass is 9.93. The van der Waals surface area contributed by atoms with E-state index in [4.69, 9.17) is 5.11 Å². The summed E-state index contributed by atoms with van der Waals surface area (Å²) in [4.78, 5) is 24.8. The lowest BCUT2D eigenvalue weighted by molar-refractivity contribution is -0.138. The highest BCUT2D eigenvalue weighted by atomic mass is 19.1. The maximum Gasteiger partial charge on any atom is 0.323 e. The number of aliphatic carboxylic acids is 1. The van der Waals surface area contributed by atoms with Gasteiger partial charge in [0.25, 0.3) is 5.91 Å². The first-order valence-electron chi connectivity index (χ1n) is 6.86. The fraction of sp³-hybridized carbons (Fsp3) is 0.467. The Bertz CT molecular complexity index is 480. The molecule has 0 saturated heterocycles. The van der Waals surface area contributed by atoms with Crippen LogP contribution in [0, 0.1) is 5.82 Å². The maximum atomic E-state index is 12.9. The molecule has 20 heavy (non-hydrogen) atoms. The molecule has 0 radical (unpaired) electrons. The van der Waals surface area contributed by atoms with E-state index in [-0.39, 0.29) is 18.5 Å². The SMILES string of the molecule is O=C(O)CN(C(=O)c1ccc(F)cc1)C1CCCCC1. The van der Waals surface area contributed by atoms with Crippen molar-refractivity contribution in [1.82, 2.24) is 4.90 Å². The van der Waals surface area contributed by atoms with Gasteiger partial charge in [-0.25, -0.2) is 4.39 Å². The molecular weight excluding hydrogens is 261 g/mol. The highest BCUT2D eigenvalue weighted by Gasteiger charge is 2.27. The summed E-state index contributed by atoms with van der Waals surface area (Å²) < 4.78 is 12.9. The normalized spacial score (nSPS) is 15.8. The van der Waals surface area contributed by atoms with Gasteiger partial charge in [-0.05, 0) is 37.1 Å². The van der Waals surface area contributed by atoms with Gasteiger partial charge >= 0.3 is 5.97 Å².